The Morgan fingerprint density at radius 3 is 3.04 bits per heavy atom. The third kappa shape index (κ3) is 2.75. The first-order chi connectivity index (χ1) is 11.7. The summed E-state index contributed by atoms with van der Waals surface area (Å²) in [5.41, 5.74) is 4.09. The molecule has 0 aromatic carbocycles. The molecule has 3 aromatic heterocycles. The lowest BCUT2D eigenvalue weighted by Crippen LogP contribution is -2.19. The fourth-order valence-electron chi connectivity index (χ4n) is 2.81. The highest BCUT2D eigenvalue weighted by atomic mass is 79.9. The molecule has 0 aliphatic carbocycles. The molecular formula is C17H14BrN5O. The van der Waals surface area contributed by atoms with Crippen LogP contribution in [0.4, 0.5) is 5.69 Å². The first-order valence-corrected chi connectivity index (χ1v) is 8.42. The van der Waals surface area contributed by atoms with Crippen molar-refractivity contribution in [3.8, 4) is 17.5 Å². The maximum Gasteiger partial charge on any atom is 0.101 e. The van der Waals surface area contributed by atoms with Gasteiger partial charge in [0.1, 0.15) is 6.07 Å². The van der Waals surface area contributed by atoms with Crippen LogP contribution in [0.2, 0.25) is 0 Å². The fourth-order valence-corrected chi connectivity index (χ4v) is 3.14. The fraction of sp³-hybridized carbons (Fsp3) is 0.235. The molecule has 1 atom stereocenters. The lowest BCUT2D eigenvalue weighted by Gasteiger charge is -2.14. The number of nitrogens with zero attached hydrogens (tertiary/aromatic N) is 4. The summed E-state index contributed by atoms with van der Waals surface area (Å²) in [5.74, 6) is 0. The van der Waals surface area contributed by atoms with Gasteiger partial charge in [-0.2, -0.15) is 10.4 Å². The molecule has 24 heavy (non-hydrogen) atoms. The smallest absolute Gasteiger partial charge is 0.101 e. The van der Waals surface area contributed by atoms with Gasteiger partial charge < -0.3 is 10.1 Å². The highest BCUT2D eigenvalue weighted by Gasteiger charge is 2.17. The highest BCUT2D eigenvalue weighted by Crippen LogP contribution is 2.29. The average molecular weight is 384 g/mol. The number of halogens is 1. The molecule has 0 saturated carbocycles. The van der Waals surface area contributed by atoms with Crippen molar-refractivity contribution in [3.63, 3.8) is 0 Å². The molecule has 1 aliphatic heterocycles. The van der Waals surface area contributed by atoms with E-state index in [-0.39, 0.29) is 0 Å². The monoisotopic (exact) mass is 383 g/mol. The molecule has 6 nitrogen and oxygen atoms in total. The van der Waals surface area contributed by atoms with Gasteiger partial charge in [0.2, 0.25) is 0 Å². The summed E-state index contributed by atoms with van der Waals surface area (Å²) in [6.45, 7) is 1.51. The van der Waals surface area contributed by atoms with E-state index in [2.05, 4.69) is 37.4 Å². The number of pyridine rings is 1. The summed E-state index contributed by atoms with van der Waals surface area (Å²) in [7, 11) is 0. The summed E-state index contributed by atoms with van der Waals surface area (Å²) >= 11 is 3.55. The molecule has 120 valence electrons. The lowest BCUT2D eigenvalue weighted by molar-refractivity contribution is 0.195. The Bertz CT molecular complexity index is 940. The molecular weight excluding hydrogens is 370 g/mol. The minimum absolute atomic E-state index is 0.317. The standard InChI is InChI=1S/C17H14BrN5O/c18-14-9-20-16(6-15(14)22-12-3-4-24-10-12)17-2-1-13-5-11(7-19)8-21-23(13)17/h1-2,5-6,8-9,12H,3-4,10H2,(H,20,22). The number of anilines is 1. The molecule has 0 radical (unpaired) electrons. The Kier molecular flexibility index (Phi) is 3.92. The van der Waals surface area contributed by atoms with Crippen LogP contribution in [0.5, 0.6) is 0 Å². The molecule has 7 heteroatoms. The number of nitrogens with one attached hydrogen (secondary N) is 1. The van der Waals surface area contributed by atoms with Crippen LogP contribution < -0.4 is 5.32 Å². The summed E-state index contributed by atoms with van der Waals surface area (Å²) in [4.78, 5) is 4.50. The second kappa shape index (κ2) is 6.23. The SMILES string of the molecule is N#Cc1cnn2c(-c3cc(NC4CCOC4)c(Br)cn3)ccc2c1. The van der Waals surface area contributed by atoms with Crippen molar-refractivity contribution in [2.24, 2.45) is 0 Å². The van der Waals surface area contributed by atoms with Gasteiger partial charge in [-0.3, -0.25) is 4.98 Å². The van der Waals surface area contributed by atoms with Crippen molar-refractivity contribution < 1.29 is 4.74 Å². The maximum absolute atomic E-state index is 8.99. The molecule has 0 amide bonds. The summed E-state index contributed by atoms with van der Waals surface area (Å²) < 4.78 is 8.12. The summed E-state index contributed by atoms with van der Waals surface area (Å²) in [6.07, 6.45) is 4.34. The van der Waals surface area contributed by atoms with Gasteiger partial charge in [0.05, 0.1) is 51.5 Å². The Morgan fingerprint density at radius 2 is 2.25 bits per heavy atom. The van der Waals surface area contributed by atoms with E-state index in [4.69, 9.17) is 10.00 Å². The molecule has 4 heterocycles. The quantitative estimate of drug-likeness (QED) is 0.751. The van der Waals surface area contributed by atoms with E-state index < -0.39 is 0 Å². The van der Waals surface area contributed by atoms with Crippen molar-refractivity contribution in [1.82, 2.24) is 14.6 Å². The van der Waals surface area contributed by atoms with Crippen LogP contribution in [0.15, 0.2) is 41.1 Å². The molecule has 4 rings (SSSR count). The number of hydrogen-bond acceptors (Lipinski definition) is 5. The Morgan fingerprint density at radius 1 is 1.33 bits per heavy atom. The Balaban J connectivity index is 1.72. The molecule has 0 spiro atoms. The van der Waals surface area contributed by atoms with Gasteiger partial charge >= 0.3 is 0 Å². The normalized spacial score (nSPS) is 17.1. The van der Waals surface area contributed by atoms with E-state index in [0.29, 0.717) is 11.6 Å². The lowest BCUT2D eigenvalue weighted by atomic mass is 10.2. The maximum atomic E-state index is 8.99. The van der Waals surface area contributed by atoms with Crippen LogP contribution in [0.3, 0.4) is 0 Å². The number of aromatic nitrogens is 3. The van der Waals surface area contributed by atoms with Crippen molar-refractivity contribution >= 4 is 27.1 Å². The Labute approximate surface area is 147 Å². The first-order valence-electron chi connectivity index (χ1n) is 7.63. The summed E-state index contributed by atoms with van der Waals surface area (Å²) in [5, 5.41) is 16.8. The van der Waals surface area contributed by atoms with Gasteiger partial charge in [-0.05, 0) is 46.6 Å². The zero-order valence-corrected chi connectivity index (χ0v) is 14.3. The van der Waals surface area contributed by atoms with Crippen LogP contribution in [0.25, 0.3) is 16.9 Å². The molecule has 0 bridgehead atoms. The van der Waals surface area contributed by atoms with Crippen molar-refractivity contribution in [2.75, 3.05) is 18.5 Å². The van der Waals surface area contributed by atoms with E-state index in [1.165, 1.54) is 0 Å². The number of hydrogen-bond donors (Lipinski definition) is 1. The molecule has 1 unspecified atom stereocenters. The van der Waals surface area contributed by atoms with Gasteiger partial charge in [0.15, 0.2) is 0 Å². The minimum atomic E-state index is 0.317. The van der Waals surface area contributed by atoms with Gasteiger partial charge in [0, 0.05) is 12.8 Å². The van der Waals surface area contributed by atoms with Crippen molar-refractivity contribution in [2.45, 2.75) is 12.5 Å². The van der Waals surface area contributed by atoms with Gasteiger partial charge in [-0.1, -0.05) is 0 Å². The third-order valence-electron chi connectivity index (χ3n) is 4.04. The second-order valence-electron chi connectivity index (χ2n) is 5.67. The zero-order valence-electron chi connectivity index (χ0n) is 12.7. The number of fused-ring (bicyclic) bond motifs is 1. The largest absolute Gasteiger partial charge is 0.379 e. The predicted octanol–water partition coefficient (Wildman–Crippen LogP) is 3.23. The third-order valence-corrected chi connectivity index (χ3v) is 4.67. The van der Waals surface area contributed by atoms with E-state index in [9.17, 15) is 0 Å². The van der Waals surface area contributed by atoms with Crippen LogP contribution >= 0.6 is 15.9 Å². The van der Waals surface area contributed by atoms with E-state index in [0.717, 1.165) is 46.7 Å². The van der Waals surface area contributed by atoms with Crippen LogP contribution in [-0.4, -0.2) is 33.9 Å². The Hall–Kier alpha value is -2.43. The number of ether oxygens (including phenoxy) is 1. The number of rotatable bonds is 3. The van der Waals surface area contributed by atoms with Gasteiger partial charge in [-0.25, -0.2) is 4.52 Å². The topological polar surface area (TPSA) is 75.2 Å². The van der Waals surface area contributed by atoms with Crippen LogP contribution in [0.1, 0.15) is 12.0 Å². The molecule has 1 saturated heterocycles. The molecule has 3 aromatic rings. The van der Waals surface area contributed by atoms with E-state index >= 15 is 0 Å². The first kappa shape index (κ1) is 15.1. The van der Waals surface area contributed by atoms with Crippen molar-refractivity contribution in [1.29, 1.82) is 5.26 Å². The molecule has 1 aliphatic rings. The molecule has 1 fully saturated rings. The minimum Gasteiger partial charge on any atom is -0.379 e. The van der Waals surface area contributed by atoms with Crippen LogP contribution in [0, 0.1) is 11.3 Å². The number of nitriles is 1. The van der Waals surface area contributed by atoms with Crippen molar-refractivity contribution in [3.05, 3.63) is 46.7 Å². The summed E-state index contributed by atoms with van der Waals surface area (Å²) in [6, 6.07) is 10.1. The highest BCUT2D eigenvalue weighted by molar-refractivity contribution is 9.10. The average Bonchev–Trinajstić information content (AvgIpc) is 3.25. The van der Waals surface area contributed by atoms with Gasteiger partial charge in [-0.15, -0.1) is 0 Å². The van der Waals surface area contributed by atoms with E-state index in [1.54, 1.807) is 16.9 Å². The second-order valence-corrected chi connectivity index (χ2v) is 6.52. The van der Waals surface area contributed by atoms with Crippen LogP contribution in [-0.2, 0) is 4.74 Å². The van der Waals surface area contributed by atoms with Gasteiger partial charge in [0.25, 0.3) is 0 Å². The van der Waals surface area contributed by atoms with E-state index in [1.807, 2.05) is 24.3 Å². The molecule has 1 N–H and O–H groups in total. The zero-order chi connectivity index (χ0) is 16.5. The predicted molar refractivity (Wildman–Crippen MR) is 93.7 cm³/mol.